The number of aryl methyl sites for hydroxylation is 1. The van der Waals surface area contributed by atoms with Gasteiger partial charge in [-0.25, -0.2) is 0 Å². The van der Waals surface area contributed by atoms with Gasteiger partial charge in [0, 0.05) is 16.1 Å². The number of carbonyl (C=O) groups excluding carboxylic acids is 1. The van der Waals surface area contributed by atoms with Gasteiger partial charge >= 0.3 is 0 Å². The SMILES string of the molecule is Cc1ccsc1C(=O)Nc1ccc(SCc2nnc(-c3ccc4c(c3)OCO4)o2)cc1. The van der Waals surface area contributed by atoms with Gasteiger partial charge in [-0.3, -0.25) is 4.79 Å². The van der Waals surface area contributed by atoms with Crippen molar-refractivity contribution in [3.63, 3.8) is 0 Å². The van der Waals surface area contributed by atoms with E-state index in [1.165, 1.54) is 11.3 Å². The third-order valence-corrected chi connectivity index (χ3v) is 6.64. The van der Waals surface area contributed by atoms with Crippen LogP contribution in [0.3, 0.4) is 0 Å². The van der Waals surface area contributed by atoms with Crippen molar-refractivity contribution in [2.75, 3.05) is 12.1 Å². The Morgan fingerprint density at radius 1 is 1.10 bits per heavy atom. The van der Waals surface area contributed by atoms with E-state index in [4.69, 9.17) is 13.9 Å². The van der Waals surface area contributed by atoms with Crippen molar-refractivity contribution in [3.8, 4) is 23.0 Å². The van der Waals surface area contributed by atoms with Crippen LogP contribution in [-0.2, 0) is 5.75 Å². The number of nitrogens with zero attached hydrogens (tertiary/aromatic N) is 2. The number of thiophene rings is 1. The number of carbonyl (C=O) groups is 1. The summed E-state index contributed by atoms with van der Waals surface area (Å²) >= 11 is 3.02. The Bertz CT molecular complexity index is 1230. The van der Waals surface area contributed by atoms with Gasteiger partial charge in [0.1, 0.15) is 0 Å². The summed E-state index contributed by atoms with van der Waals surface area (Å²) in [6.45, 7) is 2.15. The summed E-state index contributed by atoms with van der Waals surface area (Å²) < 4.78 is 16.5. The largest absolute Gasteiger partial charge is 0.454 e. The number of thioether (sulfide) groups is 1. The second kappa shape index (κ2) is 8.44. The fourth-order valence-corrected chi connectivity index (χ4v) is 4.59. The van der Waals surface area contributed by atoms with Gasteiger partial charge in [0.2, 0.25) is 18.6 Å². The van der Waals surface area contributed by atoms with Crippen molar-refractivity contribution < 1.29 is 18.7 Å². The van der Waals surface area contributed by atoms with E-state index in [9.17, 15) is 4.79 Å². The number of hydrogen-bond acceptors (Lipinski definition) is 8. The Morgan fingerprint density at radius 2 is 1.94 bits per heavy atom. The number of nitrogens with one attached hydrogen (secondary N) is 1. The van der Waals surface area contributed by atoms with Gasteiger partial charge in [-0.15, -0.1) is 33.3 Å². The molecule has 0 radical (unpaired) electrons. The molecule has 3 heterocycles. The molecule has 0 unspecified atom stereocenters. The number of hydrogen-bond donors (Lipinski definition) is 1. The maximum atomic E-state index is 12.3. The van der Waals surface area contributed by atoms with Crippen molar-refractivity contribution in [1.29, 1.82) is 0 Å². The lowest BCUT2D eigenvalue weighted by molar-refractivity contribution is 0.103. The lowest BCUT2D eigenvalue weighted by Crippen LogP contribution is -2.11. The molecule has 0 saturated carbocycles. The Kier molecular flexibility index (Phi) is 5.35. The molecule has 0 saturated heterocycles. The molecule has 0 bridgehead atoms. The van der Waals surface area contributed by atoms with Gasteiger partial charge in [0.15, 0.2) is 11.5 Å². The lowest BCUT2D eigenvalue weighted by atomic mass is 10.2. The van der Waals surface area contributed by atoms with Gasteiger partial charge in [-0.1, -0.05) is 0 Å². The van der Waals surface area contributed by atoms with Crippen molar-refractivity contribution in [2.24, 2.45) is 0 Å². The van der Waals surface area contributed by atoms with Crippen LogP contribution >= 0.6 is 23.1 Å². The van der Waals surface area contributed by atoms with E-state index in [2.05, 4.69) is 15.5 Å². The minimum Gasteiger partial charge on any atom is -0.454 e. The highest BCUT2D eigenvalue weighted by Crippen LogP contribution is 2.35. The second-order valence-corrected chi connectivity index (χ2v) is 8.73. The third-order valence-electron chi connectivity index (χ3n) is 4.63. The summed E-state index contributed by atoms with van der Waals surface area (Å²) in [5, 5.41) is 13.1. The van der Waals surface area contributed by atoms with Crippen LogP contribution in [0.1, 0.15) is 21.1 Å². The number of ether oxygens (including phenoxy) is 2. The summed E-state index contributed by atoms with van der Waals surface area (Å²) in [5.74, 6) is 2.81. The van der Waals surface area contributed by atoms with Crippen molar-refractivity contribution in [3.05, 3.63) is 70.2 Å². The minimum atomic E-state index is -0.0881. The van der Waals surface area contributed by atoms with Crippen LogP contribution in [0.25, 0.3) is 11.5 Å². The zero-order valence-electron chi connectivity index (χ0n) is 16.5. The molecule has 31 heavy (non-hydrogen) atoms. The highest BCUT2D eigenvalue weighted by molar-refractivity contribution is 7.98. The molecular weight excluding hydrogens is 434 g/mol. The molecule has 0 aliphatic carbocycles. The van der Waals surface area contributed by atoms with Crippen molar-refractivity contribution in [1.82, 2.24) is 10.2 Å². The standard InChI is InChI=1S/C22H17N3O4S2/c1-13-8-9-30-20(13)21(26)23-15-3-5-16(6-4-15)31-11-19-24-25-22(29-19)14-2-7-17-18(10-14)28-12-27-17/h2-10H,11-12H2,1H3,(H,23,26). The minimum absolute atomic E-state index is 0.0881. The topological polar surface area (TPSA) is 86.5 Å². The maximum Gasteiger partial charge on any atom is 0.265 e. The van der Waals surface area contributed by atoms with Crippen molar-refractivity contribution in [2.45, 2.75) is 17.6 Å². The molecular formula is C22H17N3O4S2. The van der Waals surface area contributed by atoms with Gasteiger partial charge in [0.05, 0.1) is 10.6 Å². The first kappa shape index (κ1) is 19.7. The maximum absolute atomic E-state index is 12.3. The summed E-state index contributed by atoms with van der Waals surface area (Å²) in [4.78, 5) is 14.1. The molecule has 5 rings (SSSR count). The molecule has 2 aromatic heterocycles. The van der Waals surface area contributed by atoms with Crippen LogP contribution in [0, 0.1) is 6.92 Å². The predicted octanol–water partition coefficient (Wildman–Crippen LogP) is 5.38. The summed E-state index contributed by atoms with van der Waals surface area (Å²) in [6, 6.07) is 15.1. The molecule has 1 aliphatic heterocycles. The molecule has 0 spiro atoms. The lowest BCUT2D eigenvalue weighted by Gasteiger charge is -2.06. The fourth-order valence-electron chi connectivity index (χ4n) is 3.03. The average Bonchev–Trinajstić information content (AvgIpc) is 3.53. The Hall–Kier alpha value is -3.30. The molecule has 7 nitrogen and oxygen atoms in total. The van der Waals surface area contributed by atoms with Crippen LogP contribution in [-0.4, -0.2) is 22.9 Å². The normalized spacial score (nSPS) is 12.2. The van der Waals surface area contributed by atoms with Gasteiger partial charge in [-0.05, 0) is 66.4 Å². The first-order valence-electron chi connectivity index (χ1n) is 9.46. The summed E-state index contributed by atoms with van der Waals surface area (Å²) in [5.41, 5.74) is 2.52. The number of fused-ring (bicyclic) bond motifs is 1. The quantitative estimate of drug-likeness (QED) is 0.394. The smallest absolute Gasteiger partial charge is 0.265 e. The van der Waals surface area contributed by atoms with E-state index >= 15 is 0 Å². The molecule has 1 amide bonds. The zero-order chi connectivity index (χ0) is 21.2. The van der Waals surface area contributed by atoms with Crippen LogP contribution in [0.5, 0.6) is 11.5 Å². The molecule has 156 valence electrons. The molecule has 1 aliphatic rings. The highest BCUT2D eigenvalue weighted by Gasteiger charge is 2.17. The van der Waals surface area contributed by atoms with Crippen LogP contribution < -0.4 is 14.8 Å². The number of anilines is 1. The third kappa shape index (κ3) is 4.28. The fraction of sp³-hybridized carbons (Fsp3) is 0.136. The van der Waals surface area contributed by atoms with E-state index in [1.54, 1.807) is 11.8 Å². The molecule has 4 aromatic rings. The zero-order valence-corrected chi connectivity index (χ0v) is 18.1. The molecule has 2 aromatic carbocycles. The van der Waals surface area contributed by atoms with Crippen LogP contribution in [0.15, 0.2) is 63.2 Å². The molecule has 9 heteroatoms. The van der Waals surface area contributed by atoms with E-state index in [0.29, 0.717) is 29.0 Å². The summed E-state index contributed by atoms with van der Waals surface area (Å²) in [6.07, 6.45) is 0. The van der Waals surface area contributed by atoms with Crippen molar-refractivity contribution >= 4 is 34.7 Å². The first-order valence-corrected chi connectivity index (χ1v) is 11.3. The average molecular weight is 452 g/mol. The van der Waals surface area contributed by atoms with Crippen LogP contribution in [0.2, 0.25) is 0 Å². The Morgan fingerprint density at radius 3 is 2.74 bits per heavy atom. The van der Waals surface area contributed by atoms with E-state index in [-0.39, 0.29) is 12.7 Å². The number of rotatable bonds is 6. The second-order valence-electron chi connectivity index (χ2n) is 6.77. The number of amides is 1. The summed E-state index contributed by atoms with van der Waals surface area (Å²) in [7, 11) is 0. The Balaban J connectivity index is 1.19. The number of benzene rings is 2. The Labute approximate surface area is 186 Å². The van der Waals surface area contributed by atoms with Crippen LogP contribution in [0.4, 0.5) is 5.69 Å². The molecule has 0 fully saturated rings. The molecule has 0 atom stereocenters. The van der Waals surface area contributed by atoms with Gasteiger partial charge < -0.3 is 19.2 Å². The first-order chi connectivity index (χ1) is 15.2. The van der Waals surface area contributed by atoms with E-state index in [1.807, 2.05) is 60.8 Å². The highest BCUT2D eigenvalue weighted by atomic mass is 32.2. The van der Waals surface area contributed by atoms with Gasteiger partial charge in [-0.2, -0.15) is 0 Å². The molecule has 1 N–H and O–H groups in total. The van der Waals surface area contributed by atoms with E-state index < -0.39 is 0 Å². The number of aromatic nitrogens is 2. The van der Waals surface area contributed by atoms with Gasteiger partial charge in [0.25, 0.3) is 5.91 Å². The van der Waals surface area contributed by atoms with E-state index in [0.717, 1.165) is 26.6 Å². The monoisotopic (exact) mass is 451 g/mol. The predicted molar refractivity (Wildman–Crippen MR) is 119 cm³/mol.